The molecule has 2 aromatic carbocycles. The molecule has 192 valence electrons. The Kier molecular flexibility index (Phi) is 6.32. The zero-order valence-electron chi connectivity index (χ0n) is 21.4. The summed E-state index contributed by atoms with van der Waals surface area (Å²) in [4.78, 5) is 32.9. The van der Waals surface area contributed by atoms with Crippen LogP contribution in [0.4, 0.5) is 16.2 Å². The fourth-order valence-electron chi connectivity index (χ4n) is 5.39. The molecule has 0 aromatic heterocycles. The molecule has 1 unspecified atom stereocenters. The first-order valence-electron chi connectivity index (χ1n) is 12.7. The number of benzene rings is 2. The van der Waals surface area contributed by atoms with Crippen LogP contribution in [0.15, 0.2) is 48.5 Å². The summed E-state index contributed by atoms with van der Waals surface area (Å²) in [5, 5.41) is 0. The quantitative estimate of drug-likeness (QED) is 0.654. The van der Waals surface area contributed by atoms with Crippen LogP contribution in [0.2, 0.25) is 0 Å². The SMILES string of the molecule is CC(C)(C)OC(=O)N1CCN(C(=O)c2ccc(N)cc2N2CCC3(COC3)C2)C(c2ccccc2)C1. The molecular formula is C28H36N4O4. The Morgan fingerprint density at radius 2 is 1.81 bits per heavy atom. The van der Waals surface area contributed by atoms with Crippen LogP contribution in [0.5, 0.6) is 0 Å². The first-order valence-corrected chi connectivity index (χ1v) is 12.7. The summed E-state index contributed by atoms with van der Waals surface area (Å²) in [7, 11) is 0. The average molecular weight is 493 g/mol. The average Bonchev–Trinajstić information content (AvgIpc) is 3.29. The molecule has 1 atom stereocenters. The Morgan fingerprint density at radius 1 is 1.06 bits per heavy atom. The Balaban J connectivity index is 1.43. The Morgan fingerprint density at radius 3 is 2.44 bits per heavy atom. The van der Waals surface area contributed by atoms with Crippen LogP contribution in [0.1, 0.15) is 49.2 Å². The van der Waals surface area contributed by atoms with Gasteiger partial charge in [0.1, 0.15) is 5.60 Å². The van der Waals surface area contributed by atoms with Gasteiger partial charge in [-0.25, -0.2) is 4.79 Å². The molecule has 0 radical (unpaired) electrons. The van der Waals surface area contributed by atoms with Gasteiger partial charge in [0.05, 0.1) is 30.5 Å². The predicted octanol–water partition coefficient (Wildman–Crippen LogP) is 3.93. The van der Waals surface area contributed by atoms with Crippen LogP contribution in [0, 0.1) is 5.41 Å². The molecule has 3 saturated heterocycles. The zero-order chi connectivity index (χ0) is 25.5. The molecule has 3 aliphatic rings. The standard InChI is InChI=1S/C28H36N4O4/c1-27(2,3)36-26(34)30-13-14-32(24(16-30)20-7-5-4-6-8-20)25(33)22-10-9-21(29)15-23(22)31-12-11-28(17-31)18-35-19-28/h4-10,15,24H,11-14,16-19,29H2,1-3H3. The molecule has 3 aliphatic heterocycles. The summed E-state index contributed by atoms with van der Waals surface area (Å²) >= 11 is 0. The van der Waals surface area contributed by atoms with E-state index in [-0.39, 0.29) is 23.5 Å². The zero-order valence-corrected chi connectivity index (χ0v) is 21.4. The van der Waals surface area contributed by atoms with E-state index in [0.717, 1.165) is 44.0 Å². The third-order valence-corrected chi connectivity index (χ3v) is 7.32. The number of hydrogen-bond donors (Lipinski definition) is 1. The van der Waals surface area contributed by atoms with Crippen molar-refractivity contribution >= 4 is 23.4 Å². The van der Waals surface area contributed by atoms with Crippen LogP contribution >= 0.6 is 0 Å². The van der Waals surface area contributed by atoms with Gasteiger partial charge in [-0.15, -0.1) is 0 Å². The molecule has 2 N–H and O–H groups in total. The number of rotatable bonds is 3. The van der Waals surface area contributed by atoms with E-state index in [0.29, 0.717) is 30.9 Å². The minimum Gasteiger partial charge on any atom is -0.444 e. The van der Waals surface area contributed by atoms with Gasteiger partial charge < -0.3 is 29.9 Å². The summed E-state index contributed by atoms with van der Waals surface area (Å²) in [6.07, 6.45) is 0.699. The first kappa shape index (κ1) is 24.4. The highest BCUT2D eigenvalue weighted by Crippen LogP contribution is 2.41. The van der Waals surface area contributed by atoms with Gasteiger partial charge in [0.2, 0.25) is 0 Å². The minimum absolute atomic E-state index is 0.0477. The van der Waals surface area contributed by atoms with E-state index >= 15 is 0 Å². The van der Waals surface area contributed by atoms with Crippen molar-refractivity contribution < 1.29 is 19.1 Å². The summed E-state index contributed by atoms with van der Waals surface area (Å²) in [5.41, 5.74) is 8.94. The third kappa shape index (κ3) is 4.87. The Labute approximate surface area is 212 Å². The van der Waals surface area contributed by atoms with E-state index in [9.17, 15) is 9.59 Å². The highest BCUT2D eigenvalue weighted by Gasteiger charge is 2.45. The van der Waals surface area contributed by atoms with Crippen molar-refractivity contribution in [2.24, 2.45) is 5.41 Å². The number of amides is 2. The van der Waals surface area contributed by atoms with E-state index < -0.39 is 5.60 Å². The maximum atomic E-state index is 14.1. The molecule has 0 aliphatic carbocycles. The number of carbonyl (C=O) groups is 2. The van der Waals surface area contributed by atoms with Crippen LogP contribution in [0.25, 0.3) is 0 Å². The van der Waals surface area contributed by atoms with Crippen molar-refractivity contribution in [3.63, 3.8) is 0 Å². The number of nitrogen functional groups attached to an aromatic ring is 1. The lowest BCUT2D eigenvalue weighted by Crippen LogP contribution is -2.53. The van der Waals surface area contributed by atoms with Crippen molar-refractivity contribution in [1.82, 2.24) is 9.80 Å². The van der Waals surface area contributed by atoms with E-state index in [1.165, 1.54) is 0 Å². The number of nitrogens with two attached hydrogens (primary N) is 1. The third-order valence-electron chi connectivity index (χ3n) is 7.32. The van der Waals surface area contributed by atoms with Gasteiger partial charge >= 0.3 is 6.09 Å². The molecule has 1 spiro atoms. The van der Waals surface area contributed by atoms with Gasteiger partial charge in [0.25, 0.3) is 5.91 Å². The molecular weight excluding hydrogens is 456 g/mol. The molecule has 5 rings (SSSR count). The minimum atomic E-state index is -0.580. The summed E-state index contributed by atoms with van der Waals surface area (Å²) in [6.45, 7) is 10.1. The normalized spacial score (nSPS) is 21.4. The van der Waals surface area contributed by atoms with Gasteiger partial charge in [-0.3, -0.25) is 4.79 Å². The smallest absolute Gasteiger partial charge is 0.410 e. The van der Waals surface area contributed by atoms with Gasteiger partial charge in [-0.2, -0.15) is 0 Å². The van der Waals surface area contributed by atoms with Crippen molar-refractivity contribution in [1.29, 1.82) is 0 Å². The summed E-state index contributed by atoms with van der Waals surface area (Å²) < 4.78 is 11.1. The molecule has 2 amide bonds. The lowest BCUT2D eigenvalue weighted by atomic mass is 9.85. The predicted molar refractivity (Wildman–Crippen MR) is 139 cm³/mol. The highest BCUT2D eigenvalue weighted by molar-refractivity contribution is 6.01. The number of piperazine rings is 1. The van der Waals surface area contributed by atoms with Crippen LogP contribution in [0.3, 0.4) is 0 Å². The maximum absolute atomic E-state index is 14.1. The molecule has 3 fully saturated rings. The van der Waals surface area contributed by atoms with Crippen molar-refractivity contribution in [3.05, 3.63) is 59.7 Å². The van der Waals surface area contributed by atoms with E-state index in [4.69, 9.17) is 15.2 Å². The summed E-state index contributed by atoms with van der Waals surface area (Å²) in [5.74, 6) is -0.0477. The van der Waals surface area contributed by atoms with Crippen molar-refractivity contribution in [2.75, 3.05) is 56.6 Å². The van der Waals surface area contributed by atoms with E-state index in [1.54, 1.807) is 11.0 Å². The van der Waals surface area contributed by atoms with Crippen LogP contribution in [-0.4, -0.2) is 73.3 Å². The lowest BCUT2D eigenvalue weighted by Gasteiger charge is -2.42. The van der Waals surface area contributed by atoms with Gasteiger partial charge in [0.15, 0.2) is 0 Å². The molecule has 36 heavy (non-hydrogen) atoms. The van der Waals surface area contributed by atoms with E-state index in [1.807, 2.05) is 68.1 Å². The van der Waals surface area contributed by atoms with E-state index in [2.05, 4.69) is 4.90 Å². The van der Waals surface area contributed by atoms with Gasteiger partial charge in [-0.05, 0) is 51.0 Å². The molecule has 8 nitrogen and oxygen atoms in total. The topological polar surface area (TPSA) is 88.3 Å². The molecule has 0 bridgehead atoms. The lowest BCUT2D eigenvalue weighted by molar-refractivity contribution is -0.0985. The van der Waals surface area contributed by atoms with Gasteiger partial charge in [0, 0.05) is 43.8 Å². The van der Waals surface area contributed by atoms with Crippen molar-refractivity contribution in [3.8, 4) is 0 Å². The summed E-state index contributed by atoms with van der Waals surface area (Å²) in [6, 6.07) is 15.2. The van der Waals surface area contributed by atoms with Gasteiger partial charge in [-0.1, -0.05) is 30.3 Å². The second-order valence-corrected chi connectivity index (χ2v) is 11.3. The van der Waals surface area contributed by atoms with Crippen molar-refractivity contribution in [2.45, 2.75) is 38.8 Å². The second kappa shape index (κ2) is 9.32. The van der Waals surface area contributed by atoms with Crippen LogP contribution < -0.4 is 10.6 Å². The largest absolute Gasteiger partial charge is 0.444 e. The fraction of sp³-hybridized carbons (Fsp3) is 0.500. The highest BCUT2D eigenvalue weighted by atomic mass is 16.6. The fourth-order valence-corrected chi connectivity index (χ4v) is 5.39. The molecule has 2 aromatic rings. The number of carbonyl (C=O) groups excluding carboxylic acids is 2. The second-order valence-electron chi connectivity index (χ2n) is 11.3. The Hall–Kier alpha value is -3.26. The molecule has 8 heteroatoms. The maximum Gasteiger partial charge on any atom is 0.410 e. The number of anilines is 2. The Bertz CT molecular complexity index is 1130. The number of nitrogens with zero attached hydrogens (tertiary/aromatic N) is 3. The number of ether oxygens (including phenoxy) is 2. The number of hydrogen-bond acceptors (Lipinski definition) is 6. The van der Waals surface area contributed by atoms with Crippen LogP contribution in [-0.2, 0) is 9.47 Å². The first-order chi connectivity index (χ1) is 17.1. The molecule has 0 saturated carbocycles. The molecule has 3 heterocycles. The monoisotopic (exact) mass is 492 g/mol.